The second kappa shape index (κ2) is 15.9. The molecule has 0 saturated carbocycles. The lowest BCUT2D eigenvalue weighted by Gasteiger charge is -2.22. The maximum absolute atomic E-state index is 12.1. The van der Waals surface area contributed by atoms with E-state index in [4.69, 9.17) is 10.2 Å². The van der Waals surface area contributed by atoms with E-state index in [2.05, 4.69) is 0 Å². The maximum atomic E-state index is 12.1. The second-order valence-electron chi connectivity index (χ2n) is 7.25. The van der Waals surface area contributed by atoms with Gasteiger partial charge in [0.15, 0.2) is 0 Å². The number of rotatable bonds is 17. The van der Waals surface area contributed by atoms with Crippen molar-refractivity contribution in [1.82, 2.24) is 9.80 Å². The molecule has 0 rings (SSSR count). The number of amides is 2. The summed E-state index contributed by atoms with van der Waals surface area (Å²) < 4.78 is 0. The fourth-order valence-electron chi connectivity index (χ4n) is 2.74. The van der Waals surface area contributed by atoms with Crippen molar-refractivity contribution in [2.45, 2.75) is 77.0 Å². The molecule has 0 aliphatic carbocycles. The molecule has 0 aromatic heterocycles. The van der Waals surface area contributed by atoms with Crippen LogP contribution in [0.2, 0.25) is 0 Å². The Kier molecular flexibility index (Phi) is 14.7. The highest BCUT2D eigenvalue weighted by Gasteiger charge is 2.12. The van der Waals surface area contributed by atoms with Crippen molar-refractivity contribution in [3.63, 3.8) is 0 Å². The Hall–Kier alpha value is -2.12. The number of carboxylic acid groups (broad SMARTS) is 2. The largest absolute Gasteiger partial charge is 0.481 e. The van der Waals surface area contributed by atoms with E-state index in [0.717, 1.165) is 38.5 Å². The van der Waals surface area contributed by atoms with Gasteiger partial charge in [-0.25, -0.2) is 0 Å². The molecule has 0 saturated heterocycles. The summed E-state index contributed by atoms with van der Waals surface area (Å²) in [5.74, 6) is -1.49. The lowest BCUT2D eigenvalue weighted by atomic mass is 10.1. The Morgan fingerprint density at radius 2 is 0.821 bits per heavy atom. The van der Waals surface area contributed by atoms with Crippen molar-refractivity contribution in [2.24, 2.45) is 0 Å². The number of hydrogen-bond acceptors (Lipinski definition) is 4. The van der Waals surface area contributed by atoms with Crippen LogP contribution < -0.4 is 0 Å². The fourth-order valence-corrected chi connectivity index (χ4v) is 2.74. The van der Waals surface area contributed by atoms with Crippen LogP contribution >= 0.6 is 0 Å². The first-order valence-corrected chi connectivity index (χ1v) is 10.2. The smallest absolute Gasteiger partial charge is 0.303 e. The standard InChI is InChI=1S/C20H36N2O6/c1-21(17(23)11-7-3-5-9-13-19(25)26)15-16-22(2)18(24)12-8-4-6-10-14-20(27)28/h3-16H2,1-2H3,(H,25,26)(H,27,28). The van der Waals surface area contributed by atoms with E-state index in [-0.39, 0.29) is 24.7 Å². The minimum Gasteiger partial charge on any atom is -0.481 e. The Balaban J connectivity index is 3.77. The number of likely N-dealkylation sites (N-methyl/N-ethyl adjacent to an activating group) is 2. The van der Waals surface area contributed by atoms with Crippen LogP contribution in [-0.2, 0) is 19.2 Å². The zero-order valence-corrected chi connectivity index (χ0v) is 17.3. The molecule has 8 nitrogen and oxygen atoms in total. The van der Waals surface area contributed by atoms with Crippen molar-refractivity contribution < 1.29 is 29.4 Å². The third kappa shape index (κ3) is 15.0. The molecular formula is C20H36N2O6. The molecule has 0 unspecified atom stereocenters. The maximum Gasteiger partial charge on any atom is 0.303 e. The zero-order valence-electron chi connectivity index (χ0n) is 17.3. The van der Waals surface area contributed by atoms with Gasteiger partial charge in [0.1, 0.15) is 0 Å². The van der Waals surface area contributed by atoms with Crippen molar-refractivity contribution in [3.05, 3.63) is 0 Å². The Labute approximate surface area is 167 Å². The number of nitrogens with zero attached hydrogens (tertiary/aromatic N) is 2. The van der Waals surface area contributed by atoms with Gasteiger partial charge in [0.2, 0.25) is 11.8 Å². The highest BCUT2D eigenvalue weighted by molar-refractivity contribution is 5.77. The summed E-state index contributed by atoms with van der Waals surface area (Å²) in [4.78, 5) is 48.2. The van der Waals surface area contributed by atoms with E-state index in [1.165, 1.54) is 0 Å². The molecule has 0 bridgehead atoms. The molecule has 0 aliphatic heterocycles. The van der Waals surface area contributed by atoms with Crippen LogP contribution in [-0.4, -0.2) is 71.0 Å². The molecule has 0 aromatic rings. The first-order chi connectivity index (χ1) is 13.2. The van der Waals surface area contributed by atoms with Gasteiger partial charge in [-0.2, -0.15) is 0 Å². The average Bonchev–Trinajstić information content (AvgIpc) is 2.63. The Morgan fingerprint density at radius 1 is 0.536 bits per heavy atom. The van der Waals surface area contributed by atoms with E-state index in [0.29, 0.717) is 38.8 Å². The van der Waals surface area contributed by atoms with E-state index in [1.807, 2.05) is 0 Å². The van der Waals surface area contributed by atoms with E-state index in [1.54, 1.807) is 23.9 Å². The lowest BCUT2D eigenvalue weighted by molar-refractivity contribution is -0.138. The molecule has 162 valence electrons. The number of carbonyl (C=O) groups excluding carboxylic acids is 2. The highest BCUT2D eigenvalue weighted by atomic mass is 16.4. The number of hydrogen-bond donors (Lipinski definition) is 2. The molecule has 0 spiro atoms. The van der Waals surface area contributed by atoms with Gasteiger partial charge in [0.25, 0.3) is 0 Å². The summed E-state index contributed by atoms with van der Waals surface area (Å²) in [5.41, 5.74) is 0. The van der Waals surface area contributed by atoms with Gasteiger partial charge in [-0.3, -0.25) is 19.2 Å². The van der Waals surface area contributed by atoms with Gasteiger partial charge < -0.3 is 20.0 Å². The number of carboxylic acids is 2. The van der Waals surface area contributed by atoms with Crippen molar-refractivity contribution in [1.29, 1.82) is 0 Å². The van der Waals surface area contributed by atoms with Crippen molar-refractivity contribution >= 4 is 23.8 Å². The molecule has 0 heterocycles. The SMILES string of the molecule is CN(CCN(C)C(=O)CCCCCCC(=O)O)C(=O)CCCCCCC(=O)O. The minimum absolute atomic E-state index is 0.0394. The summed E-state index contributed by atoms with van der Waals surface area (Å²) in [5, 5.41) is 17.1. The van der Waals surface area contributed by atoms with Crippen LogP contribution in [0.4, 0.5) is 0 Å². The van der Waals surface area contributed by atoms with E-state index < -0.39 is 11.9 Å². The summed E-state index contributed by atoms with van der Waals surface area (Å²) in [6.45, 7) is 0.970. The lowest BCUT2D eigenvalue weighted by Crippen LogP contribution is -2.37. The van der Waals surface area contributed by atoms with Gasteiger partial charge in [-0.05, 0) is 25.7 Å². The molecule has 2 amide bonds. The average molecular weight is 401 g/mol. The molecule has 28 heavy (non-hydrogen) atoms. The molecule has 0 aliphatic rings. The quantitative estimate of drug-likeness (QED) is 0.363. The van der Waals surface area contributed by atoms with E-state index >= 15 is 0 Å². The minimum atomic E-state index is -0.785. The third-order valence-corrected chi connectivity index (χ3v) is 4.68. The highest BCUT2D eigenvalue weighted by Crippen LogP contribution is 2.08. The summed E-state index contributed by atoms with van der Waals surface area (Å²) in [6.07, 6.45) is 7.35. The summed E-state index contributed by atoms with van der Waals surface area (Å²) >= 11 is 0. The molecule has 0 aromatic carbocycles. The molecule has 8 heteroatoms. The Morgan fingerprint density at radius 3 is 1.11 bits per heavy atom. The third-order valence-electron chi connectivity index (χ3n) is 4.68. The first-order valence-electron chi connectivity index (χ1n) is 10.2. The molecule has 0 fully saturated rings. The van der Waals surface area contributed by atoms with Gasteiger partial charge in [0.05, 0.1) is 0 Å². The summed E-state index contributed by atoms with van der Waals surface area (Å²) in [7, 11) is 3.46. The van der Waals surface area contributed by atoms with Crippen LogP contribution in [0, 0.1) is 0 Å². The summed E-state index contributed by atoms with van der Waals surface area (Å²) in [6, 6.07) is 0. The van der Waals surface area contributed by atoms with Gasteiger partial charge >= 0.3 is 11.9 Å². The zero-order chi connectivity index (χ0) is 21.4. The van der Waals surface area contributed by atoms with E-state index in [9.17, 15) is 19.2 Å². The molecule has 2 N–H and O–H groups in total. The fraction of sp³-hybridized carbons (Fsp3) is 0.800. The van der Waals surface area contributed by atoms with Crippen LogP contribution in [0.3, 0.4) is 0 Å². The van der Waals surface area contributed by atoms with Crippen molar-refractivity contribution in [3.8, 4) is 0 Å². The normalized spacial score (nSPS) is 10.5. The number of unbranched alkanes of at least 4 members (excludes halogenated alkanes) is 6. The second-order valence-corrected chi connectivity index (χ2v) is 7.25. The molecule has 0 atom stereocenters. The van der Waals surface area contributed by atoms with Crippen LogP contribution in [0.1, 0.15) is 77.0 Å². The predicted molar refractivity (Wildman–Crippen MR) is 106 cm³/mol. The number of carbonyl (C=O) groups is 4. The van der Waals surface area contributed by atoms with Crippen LogP contribution in [0.25, 0.3) is 0 Å². The van der Waals surface area contributed by atoms with Gasteiger partial charge in [-0.15, -0.1) is 0 Å². The molecule has 0 radical (unpaired) electrons. The van der Waals surface area contributed by atoms with Gasteiger partial charge in [0, 0.05) is 52.9 Å². The monoisotopic (exact) mass is 400 g/mol. The van der Waals surface area contributed by atoms with Crippen LogP contribution in [0.5, 0.6) is 0 Å². The topological polar surface area (TPSA) is 115 Å². The number of aliphatic carboxylic acids is 2. The first kappa shape index (κ1) is 25.9. The predicted octanol–water partition coefficient (Wildman–Crippen LogP) is 2.75. The molecular weight excluding hydrogens is 364 g/mol. The Bertz CT molecular complexity index is 451. The van der Waals surface area contributed by atoms with Crippen LogP contribution in [0.15, 0.2) is 0 Å². The van der Waals surface area contributed by atoms with Gasteiger partial charge in [-0.1, -0.05) is 25.7 Å². The van der Waals surface area contributed by atoms with Crippen molar-refractivity contribution in [2.75, 3.05) is 27.2 Å².